The maximum Gasteiger partial charge on any atom is 0.212 e. The van der Waals surface area contributed by atoms with E-state index in [2.05, 4.69) is 67.8 Å². The second-order valence-electron chi connectivity index (χ2n) is 6.67. The standard InChI is InChI=1S/C21H21N2/c1-13-7-14(2)15(3)18(8-13)21-10-17-9-16-5-6-22-11-19(16)20(17)12-23(21)4/h5-8,10-12H,9H2,1-4H3/q+1. The summed E-state index contributed by atoms with van der Waals surface area (Å²) in [5.41, 5.74) is 12.0. The van der Waals surface area contributed by atoms with E-state index in [1.165, 1.54) is 50.2 Å². The lowest BCUT2D eigenvalue weighted by Gasteiger charge is -2.10. The second kappa shape index (κ2) is 5.02. The predicted octanol–water partition coefficient (Wildman–Crippen LogP) is 4.07. The molecule has 2 heteroatoms. The number of aromatic nitrogens is 2. The van der Waals surface area contributed by atoms with E-state index < -0.39 is 0 Å². The fraction of sp³-hybridized carbons (Fsp3) is 0.238. The molecule has 1 aliphatic carbocycles. The molecule has 1 aromatic carbocycles. The summed E-state index contributed by atoms with van der Waals surface area (Å²) in [5.74, 6) is 0. The first-order valence-corrected chi connectivity index (χ1v) is 8.08. The maximum absolute atomic E-state index is 4.29. The van der Waals surface area contributed by atoms with Gasteiger partial charge in [-0.2, -0.15) is 0 Å². The number of fused-ring (bicyclic) bond motifs is 3. The van der Waals surface area contributed by atoms with Crippen LogP contribution in [0.3, 0.4) is 0 Å². The van der Waals surface area contributed by atoms with Gasteiger partial charge in [-0.3, -0.25) is 4.98 Å². The lowest BCUT2D eigenvalue weighted by molar-refractivity contribution is -0.659. The number of pyridine rings is 2. The first-order valence-electron chi connectivity index (χ1n) is 8.08. The third-order valence-electron chi connectivity index (χ3n) is 5.03. The molecule has 2 aromatic heterocycles. The summed E-state index contributed by atoms with van der Waals surface area (Å²) in [6.45, 7) is 6.58. The molecule has 4 rings (SSSR count). The Morgan fingerprint density at radius 3 is 2.61 bits per heavy atom. The van der Waals surface area contributed by atoms with Gasteiger partial charge in [0.25, 0.3) is 0 Å². The van der Waals surface area contributed by atoms with Gasteiger partial charge in [-0.15, -0.1) is 0 Å². The van der Waals surface area contributed by atoms with Gasteiger partial charge in [-0.05, 0) is 61.6 Å². The largest absolute Gasteiger partial charge is 0.264 e. The second-order valence-corrected chi connectivity index (χ2v) is 6.67. The summed E-state index contributed by atoms with van der Waals surface area (Å²) in [4.78, 5) is 4.29. The maximum atomic E-state index is 4.29. The lowest BCUT2D eigenvalue weighted by atomic mass is 9.96. The first-order chi connectivity index (χ1) is 11.0. The van der Waals surface area contributed by atoms with Crippen LogP contribution in [0.15, 0.2) is 42.9 Å². The average molecular weight is 301 g/mol. The molecule has 0 amide bonds. The van der Waals surface area contributed by atoms with Crippen LogP contribution in [0.1, 0.15) is 27.8 Å². The van der Waals surface area contributed by atoms with Crippen LogP contribution in [-0.2, 0) is 13.5 Å². The Balaban J connectivity index is 1.93. The Labute approximate surface area is 137 Å². The molecule has 0 atom stereocenters. The van der Waals surface area contributed by atoms with Crippen molar-refractivity contribution in [2.45, 2.75) is 27.2 Å². The van der Waals surface area contributed by atoms with Crippen LogP contribution >= 0.6 is 0 Å². The molecule has 0 saturated carbocycles. The number of benzene rings is 1. The molecule has 0 aliphatic heterocycles. The molecule has 114 valence electrons. The Bertz CT molecular complexity index is 939. The SMILES string of the molecule is Cc1cc(C)c(C)c(-c2cc3c(c[n+]2C)-c2cnccc2C3)c1. The van der Waals surface area contributed by atoms with E-state index in [1.807, 2.05) is 12.4 Å². The van der Waals surface area contributed by atoms with Gasteiger partial charge in [-0.25, -0.2) is 4.57 Å². The zero-order chi connectivity index (χ0) is 16.1. The highest BCUT2D eigenvalue weighted by Gasteiger charge is 2.25. The number of nitrogens with zero attached hydrogens (tertiary/aromatic N) is 2. The van der Waals surface area contributed by atoms with E-state index in [0.29, 0.717) is 0 Å². The van der Waals surface area contributed by atoms with Gasteiger partial charge in [0.1, 0.15) is 7.05 Å². The highest BCUT2D eigenvalue weighted by atomic mass is 14.9. The molecule has 0 N–H and O–H groups in total. The summed E-state index contributed by atoms with van der Waals surface area (Å²) < 4.78 is 2.25. The highest BCUT2D eigenvalue weighted by molar-refractivity contribution is 5.77. The molecule has 3 aromatic rings. The smallest absolute Gasteiger partial charge is 0.212 e. The monoisotopic (exact) mass is 301 g/mol. The Morgan fingerprint density at radius 2 is 1.78 bits per heavy atom. The van der Waals surface area contributed by atoms with Crippen molar-refractivity contribution in [1.29, 1.82) is 0 Å². The molecule has 23 heavy (non-hydrogen) atoms. The summed E-state index contributed by atoms with van der Waals surface area (Å²) in [6.07, 6.45) is 7.14. The molecule has 1 aliphatic rings. The Hall–Kier alpha value is -2.48. The van der Waals surface area contributed by atoms with Crippen LogP contribution in [0.25, 0.3) is 22.4 Å². The van der Waals surface area contributed by atoms with Crippen molar-refractivity contribution in [1.82, 2.24) is 4.98 Å². The quantitative estimate of drug-likeness (QED) is 0.484. The molecule has 0 radical (unpaired) electrons. The number of rotatable bonds is 1. The van der Waals surface area contributed by atoms with E-state index in [1.54, 1.807) is 0 Å². The normalized spacial score (nSPS) is 12.2. The third kappa shape index (κ3) is 2.17. The van der Waals surface area contributed by atoms with Crippen molar-refractivity contribution in [3.8, 4) is 22.4 Å². The van der Waals surface area contributed by atoms with Gasteiger partial charge in [0.15, 0.2) is 6.20 Å². The van der Waals surface area contributed by atoms with Crippen LogP contribution in [-0.4, -0.2) is 4.98 Å². The van der Waals surface area contributed by atoms with Crippen molar-refractivity contribution in [3.63, 3.8) is 0 Å². The molecule has 0 fully saturated rings. The molecule has 0 saturated heterocycles. The van der Waals surface area contributed by atoms with E-state index in [9.17, 15) is 0 Å². The minimum atomic E-state index is 1.00. The van der Waals surface area contributed by atoms with Gasteiger partial charge >= 0.3 is 0 Å². The number of hydrogen-bond donors (Lipinski definition) is 0. The Morgan fingerprint density at radius 1 is 0.957 bits per heavy atom. The van der Waals surface area contributed by atoms with Crippen LogP contribution in [0.5, 0.6) is 0 Å². The number of hydrogen-bond acceptors (Lipinski definition) is 1. The predicted molar refractivity (Wildman–Crippen MR) is 93.3 cm³/mol. The van der Waals surface area contributed by atoms with Gasteiger partial charge in [0, 0.05) is 29.6 Å². The summed E-state index contributed by atoms with van der Waals surface area (Å²) in [5, 5.41) is 0. The minimum Gasteiger partial charge on any atom is -0.264 e. The van der Waals surface area contributed by atoms with E-state index in [4.69, 9.17) is 0 Å². The van der Waals surface area contributed by atoms with Crippen LogP contribution < -0.4 is 4.57 Å². The van der Waals surface area contributed by atoms with E-state index in [-0.39, 0.29) is 0 Å². The van der Waals surface area contributed by atoms with Crippen molar-refractivity contribution in [2.24, 2.45) is 7.05 Å². The summed E-state index contributed by atoms with van der Waals surface area (Å²) in [7, 11) is 2.14. The van der Waals surface area contributed by atoms with E-state index in [0.717, 1.165) is 6.42 Å². The first kappa shape index (κ1) is 14.1. The minimum absolute atomic E-state index is 1.00. The molecule has 2 nitrogen and oxygen atoms in total. The molecule has 0 spiro atoms. The summed E-state index contributed by atoms with van der Waals surface area (Å²) in [6, 6.07) is 9.05. The zero-order valence-corrected chi connectivity index (χ0v) is 14.1. The van der Waals surface area contributed by atoms with Crippen molar-refractivity contribution < 1.29 is 4.57 Å². The topological polar surface area (TPSA) is 16.8 Å². The van der Waals surface area contributed by atoms with Crippen molar-refractivity contribution >= 4 is 0 Å². The van der Waals surface area contributed by atoms with E-state index >= 15 is 0 Å². The van der Waals surface area contributed by atoms with Gasteiger partial charge < -0.3 is 0 Å². The van der Waals surface area contributed by atoms with Crippen molar-refractivity contribution in [2.75, 3.05) is 0 Å². The van der Waals surface area contributed by atoms with Gasteiger partial charge in [0.2, 0.25) is 5.69 Å². The fourth-order valence-electron chi connectivity index (χ4n) is 3.68. The van der Waals surface area contributed by atoms with Crippen LogP contribution in [0.4, 0.5) is 0 Å². The van der Waals surface area contributed by atoms with Crippen LogP contribution in [0.2, 0.25) is 0 Å². The van der Waals surface area contributed by atoms with Crippen molar-refractivity contribution in [3.05, 3.63) is 70.7 Å². The summed E-state index contributed by atoms with van der Waals surface area (Å²) >= 11 is 0. The molecular weight excluding hydrogens is 280 g/mol. The molecule has 0 unspecified atom stereocenters. The Kier molecular flexibility index (Phi) is 3.08. The average Bonchev–Trinajstić information content (AvgIpc) is 2.88. The molecule has 0 bridgehead atoms. The lowest BCUT2D eigenvalue weighted by Crippen LogP contribution is -2.31. The third-order valence-corrected chi connectivity index (χ3v) is 5.03. The molecular formula is C21H21N2+. The highest BCUT2D eigenvalue weighted by Crippen LogP contribution is 2.37. The molecule has 2 heterocycles. The van der Waals surface area contributed by atoms with Gasteiger partial charge in [-0.1, -0.05) is 11.6 Å². The number of aryl methyl sites for hydroxylation is 3. The zero-order valence-electron chi connectivity index (χ0n) is 14.1. The van der Waals surface area contributed by atoms with Gasteiger partial charge in [0.05, 0.1) is 5.56 Å². The fourth-order valence-corrected chi connectivity index (χ4v) is 3.68. The van der Waals surface area contributed by atoms with Crippen LogP contribution in [0, 0.1) is 20.8 Å².